The van der Waals surface area contributed by atoms with Crippen LogP contribution in [-0.2, 0) is 19.6 Å². The Morgan fingerprint density at radius 1 is 1.12 bits per heavy atom. The fourth-order valence-corrected chi connectivity index (χ4v) is 4.49. The summed E-state index contributed by atoms with van der Waals surface area (Å²) in [6.45, 7) is 3.11. The van der Waals surface area contributed by atoms with Crippen LogP contribution in [0.4, 0.5) is 5.69 Å². The molecule has 26 heavy (non-hydrogen) atoms. The molecule has 0 spiro atoms. The molecule has 2 rings (SSSR count). The van der Waals surface area contributed by atoms with E-state index in [1.165, 1.54) is 32.4 Å². The van der Waals surface area contributed by atoms with E-state index in [-0.39, 0.29) is 9.92 Å². The Morgan fingerprint density at radius 2 is 1.73 bits per heavy atom. The second kappa shape index (κ2) is 7.97. The first-order valence-corrected chi connectivity index (χ1v) is 9.53. The summed E-state index contributed by atoms with van der Waals surface area (Å²) in [7, 11) is -1.41. The van der Waals surface area contributed by atoms with Crippen LogP contribution in [-0.4, -0.2) is 35.2 Å². The fourth-order valence-electron chi connectivity index (χ4n) is 2.60. The maximum atomic E-state index is 13.3. The number of esters is 1. The number of anilines is 1. The van der Waals surface area contributed by atoms with E-state index < -0.39 is 22.5 Å². The Balaban J connectivity index is 2.64. The number of halogens is 1. The molecule has 0 N–H and O–H groups in total. The molecule has 140 valence electrons. The van der Waals surface area contributed by atoms with E-state index in [2.05, 4.69) is 4.74 Å². The van der Waals surface area contributed by atoms with Gasteiger partial charge in [-0.3, -0.25) is 9.10 Å². The standard InChI is InChI=1S/C18H20ClNO5S/c1-12-6-5-7-13(2)18(12)20(11-17(21)25-4)26(22,23)14-8-9-16(24-3)15(19)10-14/h5-10H,11H2,1-4H3. The molecule has 0 amide bonds. The molecule has 2 aromatic carbocycles. The van der Waals surface area contributed by atoms with Crippen LogP contribution >= 0.6 is 11.6 Å². The van der Waals surface area contributed by atoms with Crippen LogP contribution < -0.4 is 9.04 Å². The SMILES string of the molecule is COC(=O)CN(c1c(C)cccc1C)S(=O)(=O)c1ccc(OC)c(Cl)c1. The van der Waals surface area contributed by atoms with Gasteiger partial charge in [0.2, 0.25) is 0 Å². The predicted molar refractivity (Wildman–Crippen MR) is 100 cm³/mol. The van der Waals surface area contributed by atoms with E-state index >= 15 is 0 Å². The summed E-state index contributed by atoms with van der Waals surface area (Å²) in [5.74, 6) is -0.312. The Hall–Kier alpha value is -2.25. The zero-order valence-electron chi connectivity index (χ0n) is 14.9. The maximum absolute atomic E-state index is 13.3. The molecule has 0 aliphatic rings. The van der Waals surface area contributed by atoms with Crippen LogP contribution in [0.1, 0.15) is 11.1 Å². The van der Waals surface area contributed by atoms with Crippen LogP contribution in [0.15, 0.2) is 41.3 Å². The summed E-state index contributed by atoms with van der Waals surface area (Å²) in [6, 6.07) is 9.54. The van der Waals surface area contributed by atoms with Crippen molar-refractivity contribution in [2.24, 2.45) is 0 Å². The third-order valence-electron chi connectivity index (χ3n) is 3.90. The zero-order valence-corrected chi connectivity index (χ0v) is 16.5. The van der Waals surface area contributed by atoms with Crippen LogP contribution in [0, 0.1) is 13.8 Å². The number of ether oxygens (including phenoxy) is 2. The van der Waals surface area contributed by atoms with Crippen molar-refractivity contribution < 1.29 is 22.7 Å². The first kappa shape index (κ1) is 20.1. The lowest BCUT2D eigenvalue weighted by atomic mass is 10.1. The van der Waals surface area contributed by atoms with Gasteiger partial charge < -0.3 is 9.47 Å². The number of aryl methyl sites for hydroxylation is 2. The van der Waals surface area contributed by atoms with Crippen molar-refractivity contribution in [2.75, 3.05) is 25.1 Å². The van der Waals surface area contributed by atoms with Gasteiger partial charge in [0, 0.05) is 0 Å². The van der Waals surface area contributed by atoms with Crippen LogP contribution in [0.2, 0.25) is 5.02 Å². The van der Waals surface area contributed by atoms with Gasteiger partial charge in [-0.25, -0.2) is 8.42 Å². The van der Waals surface area contributed by atoms with E-state index in [4.69, 9.17) is 16.3 Å². The summed E-state index contributed by atoms with van der Waals surface area (Å²) in [5, 5.41) is 0.160. The van der Waals surface area contributed by atoms with Gasteiger partial charge in [-0.1, -0.05) is 29.8 Å². The number of benzene rings is 2. The molecule has 2 aromatic rings. The lowest BCUT2D eigenvalue weighted by molar-refractivity contribution is -0.138. The van der Waals surface area contributed by atoms with Gasteiger partial charge in [-0.2, -0.15) is 0 Å². The number of para-hydroxylation sites is 1. The van der Waals surface area contributed by atoms with Crippen LogP contribution in [0.25, 0.3) is 0 Å². The Kier molecular flexibility index (Phi) is 6.15. The molecule has 0 aliphatic carbocycles. The van der Waals surface area contributed by atoms with E-state index in [0.29, 0.717) is 11.4 Å². The van der Waals surface area contributed by atoms with Gasteiger partial charge in [-0.15, -0.1) is 0 Å². The van der Waals surface area contributed by atoms with Crippen molar-refractivity contribution in [1.29, 1.82) is 0 Å². The molecule has 0 aliphatic heterocycles. The predicted octanol–water partition coefficient (Wildman–Crippen LogP) is 3.33. The van der Waals surface area contributed by atoms with E-state index in [9.17, 15) is 13.2 Å². The molecule has 0 heterocycles. The molecular weight excluding hydrogens is 378 g/mol. The van der Waals surface area contributed by atoms with Crippen molar-refractivity contribution in [3.8, 4) is 5.75 Å². The summed E-state index contributed by atoms with van der Waals surface area (Å²) in [4.78, 5) is 11.8. The summed E-state index contributed by atoms with van der Waals surface area (Å²) >= 11 is 6.08. The molecule has 0 bridgehead atoms. The van der Waals surface area contributed by atoms with Crippen molar-refractivity contribution in [2.45, 2.75) is 18.7 Å². The lowest BCUT2D eigenvalue weighted by Gasteiger charge is -2.26. The molecule has 0 radical (unpaired) electrons. The number of rotatable bonds is 6. The third kappa shape index (κ3) is 3.94. The normalized spacial score (nSPS) is 11.1. The number of nitrogens with zero attached hydrogens (tertiary/aromatic N) is 1. The van der Waals surface area contributed by atoms with Crippen molar-refractivity contribution >= 4 is 33.3 Å². The maximum Gasteiger partial charge on any atom is 0.326 e. The van der Waals surface area contributed by atoms with Crippen LogP contribution in [0.5, 0.6) is 5.75 Å². The Bertz CT molecular complexity index is 907. The first-order valence-electron chi connectivity index (χ1n) is 7.71. The number of sulfonamides is 1. The highest BCUT2D eigenvalue weighted by molar-refractivity contribution is 7.92. The topological polar surface area (TPSA) is 72.9 Å². The molecule has 0 fully saturated rings. The number of carbonyl (C=O) groups is 1. The van der Waals surface area contributed by atoms with Crippen LogP contribution in [0.3, 0.4) is 0 Å². The van der Waals surface area contributed by atoms with E-state index in [1.54, 1.807) is 26.0 Å². The van der Waals surface area contributed by atoms with Gasteiger partial charge in [0.15, 0.2) is 0 Å². The van der Waals surface area contributed by atoms with E-state index in [0.717, 1.165) is 15.4 Å². The highest BCUT2D eigenvalue weighted by Gasteiger charge is 2.30. The second-order valence-electron chi connectivity index (χ2n) is 5.62. The Morgan fingerprint density at radius 3 is 2.23 bits per heavy atom. The highest BCUT2D eigenvalue weighted by atomic mass is 35.5. The van der Waals surface area contributed by atoms with Crippen molar-refractivity contribution in [3.63, 3.8) is 0 Å². The molecular formula is C18H20ClNO5S. The summed E-state index contributed by atoms with van der Waals surface area (Å²) in [5.41, 5.74) is 1.87. The minimum absolute atomic E-state index is 0.0464. The largest absolute Gasteiger partial charge is 0.495 e. The van der Waals surface area contributed by atoms with Gasteiger partial charge >= 0.3 is 5.97 Å². The fraction of sp³-hybridized carbons (Fsp3) is 0.278. The monoisotopic (exact) mass is 397 g/mol. The summed E-state index contributed by atoms with van der Waals surface area (Å²) in [6.07, 6.45) is 0. The molecule has 0 unspecified atom stereocenters. The highest BCUT2D eigenvalue weighted by Crippen LogP contribution is 2.33. The van der Waals surface area contributed by atoms with Crippen molar-refractivity contribution in [3.05, 3.63) is 52.5 Å². The van der Waals surface area contributed by atoms with E-state index in [1.807, 2.05) is 6.07 Å². The molecule has 6 nitrogen and oxygen atoms in total. The number of carbonyl (C=O) groups excluding carboxylic acids is 1. The smallest absolute Gasteiger partial charge is 0.326 e. The average Bonchev–Trinajstić information content (AvgIpc) is 2.60. The zero-order chi connectivity index (χ0) is 19.5. The van der Waals surface area contributed by atoms with Gasteiger partial charge in [0.25, 0.3) is 10.0 Å². The molecule has 8 heteroatoms. The third-order valence-corrected chi connectivity index (χ3v) is 5.94. The van der Waals surface area contributed by atoms with Gasteiger partial charge in [0.1, 0.15) is 12.3 Å². The Labute approximate surface area is 158 Å². The minimum Gasteiger partial charge on any atom is -0.495 e. The molecule has 0 atom stereocenters. The lowest BCUT2D eigenvalue weighted by Crippen LogP contribution is -2.37. The number of hydrogen-bond acceptors (Lipinski definition) is 5. The van der Waals surface area contributed by atoms with Gasteiger partial charge in [-0.05, 0) is 43.2 Å². The number of hydrogen-bond donors (Lipinski definition) is 0. The van der Waals surface area contributed by atoms with Crippen molar-refractivity contribution in [1.82, 2.24) is 0 Å². The minimum atomic E-state index is -4.06. The first-order chi connectivity index (χ1) is 12.2. The van der Waals surface area contributed by atoms with Gasteiger partial charge in [0.05, 0.1) is 29.8 Å². The molecule has 0 aromatic heterocycles. The second-order valence-corrected chi connectivity index (χ2v) is 7.89. The average molecular weight is 398 g/mol. The molecule has 0 saturated heterocycles. The summed E-state index contributed by atoms with van der Waals surface area (Å²) < 4.78 is 37.3. The number of methoxy groups -OCH3 is 2. The molecule has 0 saturated carbocycles. The quantitative estimate of drug-likeness (QED) is 0.699.